The van der Waals surface area contributed by atoms with Gasteiger partial charge in [-0.25, -0.2) is 14.4 Å². The normalized spacial score (nSPS) is 14.0. The Morgan fingerprint density at radius 3 is 2.50 bits per heavy atom. The summed E-state index contributed by atoms with van der Waals surface area (Å²) in [5.41, 5.74) is 5.93. The summed E-state index contributed by atoms with van der Waals surface area (Å²) in [6.07, 6.45) is 3.11. The van der Waals surface area contributed by atoms with Crippen LogP contribution in [-0.2, 0) is 11.2 Å². The third kappa shape index (κ3) is 5.95. The number of nitrogens with zero attached hydrogens (tertiary/aromatic N) is 3. The van der Waals surface area contributed by atoms with Crippen molar-refractivity contribution in [1.82, 2.24) is 25.7 Å². The molecule has 2 N–H and O–H groups in total. The van der Waals surface area contributed by atoms with Gasteiger partial charge in [-0.2, -0.15) is 0 Å². The van der Waals surface area contributed by atoms with Crippen LogP contribution in [0.2, 0.25) is 5.15 Å². The minimum atomic E-state index is -0.525. The number of nitrogens with one attached hydrogen (secondary N) is 2. The highest BCUT2D eigenvalue weighted by Crippen LogP contribution is 2.30. The maximum absolute atomic E-state index is 13.0. The van der Waals surface area contributed by atoms with Crippen molar-refractivity contribution in [2.24, 2.45) is 0 Å². The van der Waals surface area contributed by atoms with Crippen molar-refractivity contribution in [1.29, 1.82) is 0 Å². The van der Waals surface area contributed by atoms with Gasteiger partial charge in [-0.3, -0.25) is 25.2 Å². The lowest BCUT2D eigenvalue weighted by atomic mass is 9.97. The summed E-state index contributed by atoms with van der Waals surface area (Å²) in [6.45, 7) is 1.19. The fourth-order valence-corrected chi connectivity index (χ4v) is 4.78. The molecule has 0 unspecified atom stereocenters. The summed E-state index contributed by atoms with van der Waals surface area (Å²) in [7, 11) is 0. The molecular formula is C23H21ClFN5O3S. The molecule has 3 aromatic rings. The van der Waals surface area contributed by atoms with E-state index in [1.165, 1.54) is 41.8 Å². The Labute approximate surface area is 204 Å². The Hall–Kier alpha value is -3.37. The molecule has 1 aliphatic rings. The van der Waals surface area contributed by atoms with Crippen LogP contribution in [0.25, 0.3) is 0 Å². The zero-order valence-corrected chi connectivity index (χ0v) is 19.5. The quantitative estimate of drug-likeness (QED) is 0.412. The van der Waals surface area contributed by atoms with Crippen molar-refractivity contribution in [2.45, 2.75) is 25.2 Å². The van der Waals surface area contributed by atoms with E-state index in [9.17, 15) is 18.8 Å². The second-order valence-electron chi connectivity index (χ2n) is 7.80. The van der Waals surface area contributed by atoms with E-state index in [0.29, 0.717) is 13.1 Å². The number of rotatable bonds is 5. The SMILES string of the molecule is O=C(NNC(=O)c1csc(C2CCN(C(=O)Cc3ccc(F)cc3)CC2)n1)c1ccnc(Cl)c1. The fraction of sp³-hybridized carbons (Fsp3) is 0.261. The highest BCUT2D eigenvalue weighted by atomic mass is 35.5. The van der Waals surface area contributed by atoms with Crippen molar-refractivity contribution in [3.8, 4) is 0 Å². The van der Waals surface area contributed by atoms with Gasteiger partial charge in [0.2, 0.25) is 5.91 Å². The van der Waals surface area contributed by atoms with E-state index in [1.807, 2.05) is 4.90 Å². The molecule has 1 fully saturated rings. The number of amides is 3. The first kappa shape index (κ1) is 23.8. The number of carbonyl (C=O) groups excluding carboxylic acids is 3. The van der Waals surface area contributed by atoms with Gasteiger partial charge in [0.05, 0.1) is 11.4 Å². The van der Waals surface area contributed by atoms with Crippen LogP contribution in [0.4, 0.5) is 4.39 Å². The van der Waals surface area contributed by atoms with E-state index in [0.717, 1.165) is 23.4 Å². The van der Waals surface area contributed by atoms with Crippen LogP contribution in [0.5, 0.6) is 0 Å². The molecule has 0 atom stereocenters. The van der Waals surface area contributed by atoms with Crippen LogP contribution in [-0.4, -0.2) is 45.7 Å². The topological polar surface area (TPSA) is 104 Å². The van der Waals surface area contributed by atoms with Crippen molar-refractivity contribution < 1.29 is 18.8 Å². The molecule has 0 saturated carbocycles. The summed E-state index contributed by atoms with van der Waals surface area (Å²) in [4.78, 5) is 47.1. The zero-order valence-electron chi connectivity index (χ0n) is 18.0. The monoisotopic (exact) mass is 501 g/mol. The minimum Gasteiger partial charge on any atom is -0.342 e. The molecule has 176 valence electrons. The molecule has 0 radical (unpaired) electrons. The summed E-state index contributed by atoms with van der Waals surface area (Å²) in [5.74, 6) is -1.21. The number of aromatic nitrogens is 2. The van der Waals surface area contributed by atoms with Gasteiger partial charge in [0.15, 0.2) is 0 Å². The second-order valence-corrected chi connectivity index (χ2v) is 9.08. The summed E-state index contributed by atoms with van der Waals surface area (Å²) in [5, 5.41) is 2.64. The van der Waals surface area contributed by atoms with Gasteiger partial charge in [-0.15, -0.1) is 11.3 Å². The molecule has 11 heteroatoms. The van der Waals surface area contributed by atoms with Crippen molar-refractivity contribution in [2.75, 3.05) is 13.1 Å². The Kier molecular flexibility index (Phi) is 7.49. The average molecular weight is 502 g/mol. The molecular weight excluding hydrogens is 481 g/mol. The number of carbonyl (C=O) groups is 3. The molecule has 1 saturated heterocycles. The van der Waals surface area contributed by atoms with Crippen LogP contribution in [0.3, 0.4) is 0 Å². The standard InChI is InChI=1S/C23H21ClFN5O3S/c24-19-12-16(5-8-26-19)21(32)28-29-22(33)18-13-34-23(27-18)15-6-9-30(10-7-15)20(31)11-14-1-3-17(25)4-2-14/h1-5,8,12-13,15H,6-7,9-11H2,(H,28,32)(H,29,33). The zero-order chi connectivity index (χ0) is 24.1. The van der Waals surface area contributed by atoms with Crippen molar-refractivity contribution in [3.05, 3.63) is 80.8 Å². The maximum Gasteiger partial charge on any atom is 0.289 e. The predicted molar refractivity (Wildman–Crippen MR) is 125 cm³/mol. The summed E-state index contributed by atoms with van der Waals surface area (Å²) < 4.78 is 13.0. The van der Waals surface area contributed by atoms with E-state index in [2.05, 4.69) is 20.8 Å². The molecule has 0 aliphatic carbocycles. The van der Waals surface area contributed by atoms with Gasteiger partial charge in [0, 0.05) is 36.1 Å². The predicted octanol–water partition coefficient (Wildman–Crippen LogP) is 3.35. The smallest absolute Gasteiger partial charge is 0.289 e. The van der Waals surface area contributed by atoms with Crippen LogP contribution >= 0.6 is 22.9 Å². The van der Waals surface area contributed by atoms with E-state index >= 15 is 0 Å². The van der Waals surface area contributed by atoms with E-state index < -0.39 is 11.8 Å². The van der Waals surface area contributed by atoms with E-state index in [-0.39, 0.29) is 40.5 Å². The van der Waals surface area contributed by atoms with Gasteiger partial charge >= 0.3 is 0 Å². The molecule has 0 spiro atoms. The molecule has 2 aromatic heterocycles. The fourth-order valence-electron chi connectivity index (χ4n) is 3.64. The molecule has 8 nitrogen and oxygen atoms in total. The molecule has 3 heterocycles. The Morgan fingerprint density at radius 1 is 1.09 bits per heavy atom. The number of likely N-dealkylation sites (tertiary alicyclic amines) is 1. The Balaban J connectivity index is 1.26. The number of hydrazine groups is 1. The van der Waals surface area contributed by atoms with Crippen LogP contribution in [0.1, 0.15) is 50.2 Å². The third-order valence-corrected chi connectivity index (χ3v) is 6.71. The van der Waals surface area contributed by atoms with Gasteiger partial charge in [-0.05, 0) is 42.7 Å². The highest BCUT2D eigenvalue weighted by molar-refractivity contribution is 7.09. The number of halogens is 2. The number of pyridine rings is 1. The largest absolute Gasteiger partial charge is 0.342 e. The number of benzene rings is 1. The first-order valence-corrected chi connectivity index (χ1v) is 11.8. The highest BCUT2D eigenvalue weighted by Gasteiger charge is 2.26. The van der Waals surface area contributed by atoms with Gasteiger partial charge < -0.3 is 4.90 Å². The van der Waals surface area contributed by atoms with Gasteiger partial charge in [0.25, 0.3) is 11.8 Å². The summed E-state index contributed by atoms with van der Waals surface area (Å²) >= 11 is 7.15. The van der Waals surface area contributed by atoms with Crippen molar-refractivity contribution >= 4 is 40.7 Å². The van der Waals surface area contributed by atoms with Gasteiger partial charge in [0.1, 0.15) is 16.7 Å². The number of hydrogen-bond donors (Lipinski definition) is 2. The Morgan fingerprint density at radius 2 is 1.79 bits per heavy atom. The molecule has 34 heavy (non-hydrogen) atoms. The average Bonchev–Trinajstić information content (AvgIpc) is 3.34. The Bertz CT molecular complexity index is 1200. The lowest BCUT2D eigenvalue weighted by molar-refractivity contribution is -0.131. The maximum atomic E-state index is 13.0. The van der Waals surface area contributed by atoms with E-state index in [4.69, 9.17) is 11.6 Å². The van der Waals surface area contributed by atoms with Crippen LogP contribution < -0.4 is 10.9 Å². The molecule has 0 bridgehead atoms. The van der Waals surface area contributed by atoms with Crippen LogP contribution in [0.15, 0.2) is 48.0 Å². The second kappa shape index (κ2) is 10.7. The minimum absolute atomic E-state index is 0.00971. The number of hydrogen-bond acceptors (Lipinski definition) is 6. The lowest BCUT2D eigenvalue weighted by Crippen LogP contribution is -2.41. The summed E-state index contributed by atoms with van der Waals surface area (Å²) in [6, 6.07) is 8.82. The first-order chi connectivity index (χ1) is 16.4. The molecule has 4 rings (SSSR count). The first-order valence-electron chi connectivity index (χ1n) is 10.6. The van der Waals surface area contributed by atoms with Crippen LogP contribution in [0, 0.1) is 5.82 Å². The van der Waals surface area contributed by atoms with Gasteiger partial charge in [-0.1, -0.05) is 23.7 Å². The molecule has 1 aliphatic heterocycles. The third-order valence-electron chi connectivity index (χ3n) is 5.50. The number of piperidine rings is 1. The number of thiazole rings is 1. The van der Waals surface area contributed by atoms with Crippen molar-refractivity contribution in [3.63, 3.8) is 0 Å². The van der Waals surface area contributed by atoms with E-state index in [1.54, 1.807) is 17.5 Å². The lowest BCUT2D eigenvalue weighted by Gasteiger charge is -2.31. The molecule has 3 amide bonds. The molecule has 1 aromatic carbocycles.